The Morgan fingerprint density at radius 3 is 3.06 bits per heavy atom. The zero-order valence-electron chi connectivity index (χ0n) is 10.9. The fourth-order valence-electron chi connectivity index (χ4n) is 2.58. The first-order valence-electron chi connectivity index (χ1n) is 6.41. The molecule has 4 nitrogen and oxygen atoms in total. The Balaban J connectivity index is 1.70. The molecule has 0 unspecified atom stereocenters. The summed E-state index contributed by atoms with van der Waals surface area (Å²) in [4.78, 5) is 5.46. The van der Waals surface area contributed by atoms with Crippen molar-refractivity contribution in [1.29, 1.82) is 0 Å². The topological polar surface area (TPSA) is 38.6 Å². The van der Waals surface area contributed by atoms with Crippen LogP contribution in [-0.4, -0.2) is 23.0 Å². The first-order valence-corrected chi connectivity index (χ1v) is 7.29. The number of hydrogen-bond donors (Lipinski definition) is 1. The van der Waals surface area contributed by atoms with Crippen molar-refractivity contribution in [2.75, 3.05) is 13.7 Å². The molecule has 1 aliphatic rings. The lowest BCUT2D eigenvalue weighted by Crippen LogP contribution is -2.37. The van der Waals surface area contributed by atoms with Crippen LogP contribution in [0.5, 0.6) is 5.88 Å². The molecule has 2 aromatic heterocycles. The number of methoxy groups -OCH3 is 1. The highest BCUT2D eigenvalue weighted by molar-refractivity contribution is 7.15. The Morgan fingerprint density at radius 2 is 2.39 bits per heavy atom. The molecule has 1 N–H and O–H groups in total. The number of nitrogens with zero attached hydrogens (tertiary/aromatic N) is 2. The number of fused-ring (bicyclic) bond motifs is 1. The number of rotatable bonds is 5. The van der Waals surface area contributed by atoms with Gasteiger partial charge in [-0.25, -0.2) is 0 Å². The Kier molecular flexibility index (Phi) is 3.03. The minimum Gasteiger partial charge on any atom is -0.480 e. The third kappa shape index (κ3) is 2.01. The molecule has 1 fully saturated rings. The molecule has 0 bridgehead atoms. The van der Waals surface area contributed by atoms with Crippen molar-refractivity contribution < 1.29 is 4.74 Å². The molecule has 1 aliphatic carbocycles. The van der Waals surface area contributed by atoms with E-state index in [0.717, 1.165) is 29.6 Å². The van der Waals surface area contributed by atoms with Gasteiger partial charge in [-0.05, 0) is 18.3 Å². The lowest BCUT2D eigenvalue weighted by molar-refractivity contribution is 0.156. The fourth-order valence-corrected chi connectivity index (χ4v) is 3.30. The van der Waals surface area contributed by atoms with Gasteiger partial charge in [-0.2, -0.15) is 4.98 Å². The van der Waals surface area contributed by atoms with E-state index in [1.165, 1.54) is 19.3 Å². The van der Waals surface area contributed by atoms with Gasteiger partial charge in [-0.1, -0.05) is 13.3 Å². The molecule has 0 atom stereocenters. The molecule has 1 saturated carbocycles. The van der Waals surface area contributed by atoms with Gasteiger partial charge in [-0.15, -0.1) is 11.3 Å². The monoisotopic (exact) mass is 265 g/mol. The summed E-state index contributed by atoms with van der Waals surface area (Å²) in [5, 5.41) is 5.60. The second kappa shape index (κ2) is 4.55. The summed E-state index contributed by atoms with van der Waals surface area (Å²) in [7, 11) is 1.68. The molecule has 18 heavy (non-hydrogen) atoms. The lowest BCUT2D eigenvalue weighted by atomic mass is 9.70. The first kappa shape index (κ1) is 12.0. The van der Waals surface area contributed by atoms with E-state index in [-0.39, 0.29) is 0 Å². The predicted octanol–water partition coefficient (Wildman–Crippen LogP) is 2.68. The minimum absolute atomic E-state index is 0.506. The van der Waals surface area contributed by atoms with Crippen molar-refractivity contribution in [3.05, 3.63) is 17.3 Å². The number of thiazole rings is 1. The van der Waals surface area contributed by atoms with Crippen LogP contribution in [0.1, 0.15) is 31.9 Å². The van der Waals surface area contributed by atoms with E-state index in [2.05, 4.69) is 33.2 Å². The van der Waals surface area contributed by atoms with Gasteiger partial charge >= 0.3 is 0 Å². The van der Waals surface area contributed by atoms with Crippen LogP contribution in [0.4, 0.5) is 0 Å². The number of imidazole rings is 1. The summed E-state index contributed by atoms with van der Waals surface area (Å²) in [6.07, 6.45) is 6.12. The van der Waals surface area contributed by atoms with E-state index in [4.69, 9.17) is 4.74 Å². The van der Waals surface area contributed by atoms with E-state index >= 15 is 0 Å². The van der Waals surface area contributed by atoms with Crippen LogP contribution < -0.4 is 10.1 Å². The molecule has 5 heteroatoms. The van der Waals surface area contributed by atoms with Gasteiger partial charge in [0.25, 0.3) is 0 Å². The minimum atomic E-state index is 0.506. The highest BCUT2D eigenvalue weighted by atomic mass is 32.1. The summed E-state index contributed by atoms with van der Waals surface area (Å²) >= 11 is 1.64. The Labute approximate surface area is 111 Å². The van der Waals surface area contributed by atoms with Crippen molar-refractivity contribution in [2.24, 2.45) is 5.41 Å². The predicted molar refractivity (Wildman–Crippen MR) is 73.3 cm³/mol. The average molecular weight is 265 g/mol. The Morgan fingerprint density at radius 1 is 1.56 bits per heavy atom. The van der Waals surface area contributed by atoms with Crippen LogP contribution in [0.25, 0.3) is 4.96 Å². The van der Waals surface area contributed by atoms with Gasteiger partial charge in [0.15, 0.2) is 4.96 Å². The first-order chi connectivity index (χ1) is 8.72. The van der Waals surface area contributed by atoms with Crippen LogP contribution >= 0.6 is 11.3 Å². The SMILES string of the molecule is COc1nc2sccn2c1CNCC1(C)CCC1. The van der Waals surface area contributed by atoms with Gasteiger partial charge in [-0.3, -0.25) is 4.40 Å². The van der Waals surface area contributed by atoms with Gasteiger partial charge < -0.3 is 10.1 Å². The second-order valence-electron chi connectivity index (χ2n) is 5.39. The average Bonchev–Trinajstić information content (AvgIpc) is 2.88. The third-order valence-electron chi connectivity index (χ3n) is 3.92. The number of ether oxygens (including phenoxy) is 1. The zero-order chi connectivity index (χ0) is 12.6. The molecule has 0 radical (unpaired) electrons. The maximum Gasteiger partial charge on any atom is 0.237 e. The van der Waals surface area contributed by atoms with Crippen LogP contribution in [0.15, 0.2) is 11.6 Å². The summed E-state index contributed by atoms with van der Waals surface area (Å²) < 4.78 is 7.46. The molecule has 0 saturated heterocycles. The van der Waals surface area contributed by atoms with Crippen LogP contribution in [0.3, 0.4) is 0 Å². The third-order valence-corrected chi connectivity index (χ3v) is 4.68. The zero-order valence-corrected chi connectivity index (χ0v) is 11.7. The van der Waals surface area contributed by atoms with E-state index < -0.39 is 0 Å². The molecular weight excluding hydrogens is 246 g/mol. The number of hydrogen-bond acceptors (Lipinski definition) is 4. The molecule has 0 amide bonds. The van der Waals surface area contributed by atoms with Gasteiger partial charge in [0.2, 0.25) is 5.88 Å². The normalized spacial score (nSPS) is 17.9. The van der Waals surface area contributed by atoms with Gasteiger partial charge in [0.05, 0.1) is 7.11 Å². The van der Waals surface area contributed by atoms with Gasteiger partial charge in [0, 0.05) is 24.7 Å². The quantitative estimate of drug-likeness (QED) is 0.903. The van der Waals surface area contributed by atoms with Crippen LogP contribution in [0, 0.1) is 5.41 Å². The summed E-state index contributed by atoms with van der Waals surface area (Å²) in [6.45, 7) is 4.25. The summed E-state index contributed by atoms with van der Waals surface area (Å²) in [5.41, 5.74) is 1.63. The van der Waals surface area contributed by atoms with Crippen molar-refractivity contribution in [3.63, 3.8) is 0 Å². The summed E-state index contributed by atoms with van der Waals surface area (Å²) in [5.74, 6) is 0.744. The Bertz CT molecular complexity index is 541. The van der Waals surface area contributed by atoms with E-state index in [0.29, 0.717) is 5.41 Å². The van der Waals surface area contributed by atoms with Crippen LogP contribution in [-0.2, 0) is 6.54 Å². The van der Waals surface area contributed by atoms with E-state index in [1.807, 2.05) is 0 Å². The van der Waals surface area contributed by atoms with Crippen molar-refractivity contribution in [2.45, 2.75) is 32.7 Å². The highest BCUT2D eigenvalue weighted by Crippen LogP contribution is 2.39. The van der Waals surface area contributed by atoms with Crippen molar-refractivity contribution >= 4 is 16.3 Å². The van der Waals surface area contributed by atoms with E-state index in [9.17, 15) is 0 Å². The molecule has 0 aromatic carbocycles. The second-order valence-corrected chi connectivity index (χ2v) is 6.26. The molecule has 2 heterocycles. The maximum atomic E-state index is 5.35. The van der Waals surface area contributed by atoms with Gasteiger partial charge in [0.1, 0.15) is 5.69 Å². The number of nitrogens with one attached hydrogen (secondary N) is 1. The largest absolute Gasteiger partial charge is 0.480 e. The standard InChI is InChI=1S/C13H19N3OS/c1-13(4-3-5-13)9-14-8-10-11(17-2)15-12-16(10)6-7-18-12/h6-7,14H,3-5,8-9H2,1-2H3. The molecule has 0 spiro atoms. The Hall–Kier alpha value is -1.07. The molecule has 0 aliphatic heterocycles. The van der Waals surface area contributed by atoms with Crippen molar-refractivity contribution in [3.8, 4) is 5.88 Å². The molecular formula is C13H19N3OS. The molecule has 3 rings (SSSR count). The van der Waals surface area contributed by atoms with Crippen molar-refractivity contribution in [1.82, 2.24) is 14.7 Å². The highest BCUT2D eigenvalue weighted by Gasteiger charge is 2.31. The van der Waals surface area contributed by atoms with Crippen LogP contribution in [0.2, 0.25) is 0 Å². The lowest BCUT2D eigenvalue weighted by Gasteiger charge is -2.38. The fraction of sp³-hybridized carbons (Fsp3) is 0.615. The molecule has 98 valence electrons. The summed E-state index contributed by atoms with van der Waals surface area (Å²) in [6, 6.07) is 0. The molecule has 2 aromatic rings. The smallest absolute Gasteiger partial charge is 0.237 e. The maximum absolute atomic E-state index is 5.35. The van der Waals surface area contributed by atoms with E-state index in [1.54, 1.807) is 18.4 Å². The number of aromatic nitrogens is 2.